The number of halogens is 2. The Labute approximate surface area is 187 Å². The number of carbonyl (C=O) groups excluding carboxylic acids is 2. The number of rotatable bonds is 4. The fourth-order valence-corrected chi connectivity index (χ4v) is 6.23. The van der Waals surface area contributed by atoms with E-state index >= 15 is 0 Å². The van der Waals surface area contributed by atoms with Crippen LogP contribution in [0, 0.1) is 17.7 Å². The molecule has 0 aliphatic carbocycles. The molecule has 7 nitrogen and oxygen atoms in total. The molecule has 3 aliphatic heterocycles. The average molecular weight is 472 g/mol. The summed E-state index contributed by atoms with van der Waals surface area (Å²) in [6, 6.07) is 3.37. The third-order valence-corrected chi connectivity index (χ3v) is 8.53. The van der Waals surface area contributed by atoms with Crippen molar-refractivity contribution in [3.63, 3.8) is 0 Å². The zero-order valence-electron chi connectivity index (χ0n) is 17.5. The van der Waals surface area contributed by atoms with Gasteiger partial charge in [0.15, 0.2) is 0 Å². The van der Waals surface area contributed by atoms with E-state index in [2.05, 4.69) is 4.90 Å². The smallest absolute Gasteiger partial charge is 0.251 e. The van der Waals surface area contributed by atoms with Crippen LogP contribution < -0.4 is 4.90 Å². The SMILES string of the molecule is CS(=O)(=O)N1CCC(C2CCN([C@H]3CC(=O)N(c4ccc(F)c(Cl)c4)C3=O)CC2)CC1. The van der Waals surface area contributed by atoms with Gasteiger partial charge in [0.25, 0.3) is 5.91 Å². The molecule has 0 saturated carbocycles. The molecule has 3 heterocycles. The van der Waals surface area contributed by atoms with Gasteiger partial charge in [-0.3, -0.25) is 14.5 Å². The molecule has 170 valence electrons. The molecule has 0 unspecified atom stereocenters. The molecule has 4 rings (SSSR count). The summed E-state index contributed by atoms with van der Waals surface area (Å²) in [5, 5.41) is -0.121. The molecule has 1 atom stereocenters. The fourth-order valence-electron chi connectivity index (χ4n) is 5.18. The molecule has 10 heteroatoms. The van der Waals surface area contributed by atoms with E-state index in [1.807, 2.05) is 0 Å². The Morgan fingerprint density at radius 1 is 1.00 bits per heavy atom. The lowest BCUT2D eigenvalue weighted by molar-refractivity contribution is -0.123. The van der Waals surface area contributed by atoms with E-state index in [0.29, 0.717) is 30.6 Å². The molecular formula is C21H27ClFN3O4S. The summed E-state index contributed by atoms with van der Waals surface area (Å²) in [4.78, 5) is 28.7. The molecule has 0 spiro atoms. The molecule has 0 bridgehead atoms. The Balaban J connectivity index is 1.34. The quantitative estimate of drug-likeness (QED) is 0.630. The van der Waals surface area contributed by atoms with E-state index in [4.69, 9.17) is 11.6 Å². The van der Waals surface area contributed by atoms with E-state index in [-0.39, 0.29) is 23.3 Å². The lowest BCUT2D eigenvalue weighted by Gasteiger charge is -2.40. The van der Waals surface area contributed by atoms with E-state index in [1.54, 1.807) is 4.31 Å². The second kappa shape index (κ2) is 8.77. The minimum absolute atomic E-state index is 0.116. The Morgan fingerprint density at radius 2 is 1.58 bits per heavy atom. The number of hydrogen-bond donors (Lipinski definition) is 0. The number of likely N-dealkylation sites (tertiary alicyclic amines) is 1. The Morgan fingerprint density at radius 3 is 2.13 bits per heavy atom. The van der Waals surface area contributed by atoms with Crippen molar-refractivity contribution in [1.29, 1.82) is 0 Å². The van der Waals surface area contributed by atoms with Crippen LogP contribution in [0.2, 0.25) is 5.02 Å². The van der Waals surface area contributed by atoms with Gasteiger partial charge in [0.05, 0.1) is 29.4 Å². The van der Waals surface area contributed by atoms with Gasteiger partial charge in [0.1, 0.15) is 5.82 Å². The van der Waals surface area contributed by atoms with E-state index in [1.165, 1.54) is 18.4 Å². The van der Waals surface area contributed by atoms with Gasteiger partial charge in [-0.05, 0) is 68.8 Å². The molecule has 31 heavy (non-hydrogen) atoms. The van der Waals surface area contributed by atoms with Crippen LogP contribution in [0.15, 0.2) is 18.2 Å². The first-order valence-corrected chi connectivity index (χ1v) is 12.9. The second-order valence-corrected chi connectivity index (χ2v) is 11.1. The highest BCUT2D eigenvalue weighted by Crippen LogP contribution is 2.35. The topological polar surface area (TPSA) is 78.0 Å². The average Bonchev–Trinajstić information content (AvgIpc) is 3.04. The van der Waals surface area contributed by atoms with Gasteiger partial charge in [0, 0.05) is 13.1 Å². The van der Waals surface area contributed by atoms with Crippen LogP contribution in [-0.2, 0) is 19.6 Å². The van der Waals surface area contributed by atoms with E-state index in [9.17, 15) is 22.4 Å². The van der Waals surface area contributed by atoms with Crippen molar-refractivity contribution in [3.05, 3.63) is 29.0 Å². The zero-order valence-corrected chi connectivity index (χ0v) is 19.0. The third-order valence-electron chi connectivity index (χ3n) is 6.93. The Bertz CT molecular complexity index is 973. The zero-order chi connectivity index (χ0) is 22.3. The van der Waals surface area contributed by atoms with Gasteiger partial charge in [-0.1, -0.05) is 11.6 Å². The molecule has 2 amide bonds. The maximum absolute atomic E-state index is 13.5. The van der Waals surface area contributed by atoms with Crippen molar-refractivity contribution in [2.24, 2.45) is 11.8 Å². The maximum Gasteiger partial charge on any atom is 0.251 e. The molecule has 3 aliphatic rings. The second-order valence-electron chi connectivity index (χ2n) is 8.76. The first-order valence-electron chi connectivity index (χ1n) is 10.7. The highest BCUT2D eigenvalue weighted by molar-refractivity contribution is 7.88. The van der Waals surface area contributed by atoms with Gasteiger partial charge >= 0.3 is 0 Å². The summed E-state index contributed by atoms with van der Waals surface area (Å²) in [6.45, 7) is 2.63. The molecule has 3 saturated heterocycles. The predicted octanol–water partition coefficient (Wildman–Crippen LogP) is 2.49. The molecule has 0 aromatic heterocycles. The largest absolute Gasteiger partial charge is 0.292 e. The highest BCUT2D eigenvalue weighted by atomic mass is 35.5. The summed E-state index contributed by atoms with van der Waals surface area (Å²) in [6.07, 6.45) is 4.99. The number of imide groups is 1. The van der Waals surface area contributed by atoms with Crippen molar-refractivity contribution in [2.75, 3.05) is 37.3 Å². The molecule has 1 aromatic rings. The molecule has 3 fully saturated rings. The molecule has 0 radical (unpaired) electrons. The van der Waals surface area contributed by atoms with Crippen molar-refractivity contribution in [1.82, 2.24) is 9.21 Å². The first-order chi connectivity index (χ1) is 14.6. The summed E-state index contributed by atoms with van der Waals surface area (Å²) in [5.41, 5.74) is 0.302. The lowest BCUT2D eigenvalue weighted by atomic mass is 9.79. The van der Waals surface area contributed by atoms with Crippen molar-refractivity contribution in [2.45, 2.75) is 38.1 Å². The number of amides is 2. The number of benzene rings is 1. The molecular weight excluding hydrogens is 445 g/mol. The molecule has 0 N–H and O–H groups in total. The summed E-state index contributed by atoms with van der Waals surface area (Å²) in [7, 11) is -3.12. The number of carbonyl (C=O) groups is 2. The highest BCUT2D eigenvalue weighted by Gasteiger charge is 2.44. The first kappa shape index (κ1) is 22.6. The lowest BCUT2D eigenvalue weighted by Crippen LogP contribution is -2.47. The number of hydrogen-bond acceptors (Lipinski definition) is 5. The van der Waals surface area contributed by atoms with Gasteiger partial charge in [-0.25, -0.2) is 22.0 Å². The van der Waals surface area contributed by atoms with E-state index < -0.39 is 21.9 Å². The normalized spacial score (nSPS) is 25.5. The van der Waals surface area contributed by atoms with Crippen LogP contribution in [0.3, 0.4) is 0 Å². The monoisotopic (exact) mass is 471 g/mol. The Hall–Kier alpha value is -1.55. The summed E-state index contributed by atoms with van der Waals surface area (Å²) in [5.74, 6) is -0.165. The maximum atomic E-state index is 13.5. The van der Waals surface area contributed by atoms with Gasteiger partial charge in [-0.2, -0.15) is 0 Å². The fraction of sp³-hybridized carbons (Fsp3) is 0.619. The van der Waals surface area contributed by atoms with Crippen LogP contribution in [0.25, 0.3) is 0 Å². The minimum atomic E-state index is -3.12. The number of nitrogens with zero attached hydrogens (tertiary/aromatic N) is 3. The summed E-state index contributed by atoms with van der Waals surface area (Å²) >= 11 is 5.83. The summed E-state index contributed by atoms with van der Waals surface area (Å²) < 4.78 is 38.4. The van der Waals surface area contributed by atoms with Crippen LogP contribution in [0.4, 0.5) is 10.1 Å². The minimum Gasteiger partial charge on any atom is -0.292 e. The van der Waals surface area contributed by atoms with Crippen LogP contribution >= 0.6 is 11.6 Å². The van der Waals surface area contributed by atoms with Crippen LogP contribution in [0.5, 0.6) is 0 Å². The van der Waals surface area contributed by atoms with Gasteiger partial charge in [-0.15, -0.1) is 0 Å². The number of anilines is 1. The van der Waals surface area contributed by atoms with Crippen LogP contribution in [0.1, 0.15) is 32.1 Å². The molecule has 1 aromatic carbocycles. The van der Waals surface area contributed by atoms with E-state index in [0.717, 1.165) is 49.7 Å². The van der Waals surface area contributed by atoms with Crippen molar-refractivity contribution in [3.8, 4) is 0 Å². The van der Waals surface area contributed by atoms with Gasteiger partial charge < -0.3 is 0 Å². The van der Waals surface area contributed by atoms with Crippen molar-refractivity contribution >= 4 is 39.1 Å². The third kappa shape index (κ3) is 4.65. The Kier molecular flexibility index (Phi) is 6.40. The van der Waals surface area contributed by atoms with Crippen molar-refractivity contribution < 1.29 is 22.4 Å². The number of sulfonamides is 1. The predicted molar refractivity (Wildman–Crippen MR) is 116 cm³/mol. The standard InChI is InChI=1S/C21H27ClFN3O4S/c1-31(29,30)25-10-6-15(7-11-25)14-4-8-24(9-5-14)19-13-20(27)26(21(19)28)16-2-3-18(23)17(22)12-16/h2-3,12,14-15,19H,4-11,13H2,1H3/t19-/m0/s1. The number of piperidine rings is 2. The van der Waals surface area contributed by atoms with Gasteiger partial charge in [0.2, 0.25) is 15.9 Å². The van der Waals surface area contributed by atoms with Crippen LogP contribution in [-0.4, -0.2) is 67.9 Å².